The first kappa shape index (κ1) is 25.9. The summed E-state index contributed by atoms with van der Waals surface area (Å²) in [4.78, 5) is 32.5. The number of likely N-dealkylation sites (tertiary alicyclic amines) is 1. The zero-order valence-corrected chi connectivity index (χ0v) is 22.8. The summed E-state index contributed by atoms with van der Waals surface area (Å²) < 4.78 is 5.68. The second-order valence-corrected chi connectivity index (χ2v) is 11.0. The predicted octanol–water partition coefficient (Wildman–Crippen LogP) is 6.59. The van der Waals surface area contributed by atoms with Gasteiger partial charge in [-0.3, -0.25) is 9.59 Å². The van der Waals surface area contributed by atoms with Crippen LogP contribution in [0.1, 0.15) is 77.0 Å². The molecule has 1 aromatic heterocycles. The number of hydrogen-bond acceptors (Lipinski definition) is 5. The van der Waals surface area contributed by atoms with Gasteiger partial charge in [0.1, 0.15) is 11.4 Å². The third kappa shape index (κ3) is 5.89. The minimum Gasteiger partial charge on any atom is -0.491 e. The number of ether oxygens (including phenoxy) is 1. The van der Waals surface area contributed by atoms with Crippen molar-refractivity contribution in [2.75, 3.05) is 13.1 Å². The smallest absolute Gasteiger partial charge is 0.271 e. The van der Waals surface area contributed by atoms with Crippen LogP contribution in [0.2, 0.25) is 0 Å². The molecule has 0 radical (unpaired) electrons. The lowest BCUT2D eigenvalue weighted by molar-refractivity contribution is 0.0713. The summed E-state index contributed by atoms with van der Waals surface area (Å²) in [6.07, 6.45) is 1.77. The second-order valence-electron chi connectivity index (χ2n) is 10.1. The highest BCUT2D eigenvalue weighted by molar-refractivity contribution is 7.09. The Morgan fingerprint density at radius 1 is 0.974 bits per heavy atom. The van der Waals surface area contributed by atoms with Crippen LogP contribution in [0.3, 0.4) is 0 Å². The van der Waals surface area contributed by atoms with Crippen molar-refractivity contribution < 1.29 is 14.3 Å². The number of nitrogens with one attached hydrogen (secondary N) is 1. The molecule has 0 aliphatic carbocycles. The molecule has 196 valence electrons. The first-order chi connectivity index (χ1) is 18.4. The number of hydrogen-bond donors (Lipinski definition) is 1. The monoisotopic (exact) mass is 527 g/mol. The molecule has 2 heterocycles. The molecule has 38 heavy (non-hydrogen) atoms. The number of amides is 2. The van der Waals surface area contributed by atoms with Crippen molar-refractivity contribution >= 4 is 33.9 Å². The third-order valence-corrected chi connectivity index (χ3v) is 7.99. The van der Waals surface area contributed by atoms with Crippen molar-refractivity contribution in [3.63, 3.8) is 0 Å². The van der Waals surface area contributed by atoms with Crippen molar-refractivity contribution in [2.45, 2.75) is 51.7 Å². The van der Waals surface area contributed by atoms with E-state index in [0.717, 1.165) is 34.5 Å². The van der Waals surface area contributed by atoms with E-state index in [0.29, 0.717) is 24.3 Å². The highest BCUT2D eigenvalue weighted by Crippen LogP contribution is 2.31. The zero-order valence-electron chi connectivity index (χ0n) is 22.0. The largest absolute Gasteiger partial charge is 0.491 e. The minimum atomic E-state index is -0.161. The SMILES string of the molecule is CC(C)Oc1ccc(C(=O)N2CCC(c3nc(C(=O)NC(C)c4ccc5ccccc5c4)cs3)CC2)cc1. The number of carbonyl (C=O) groups excluding carboxylic acids is 2. The van der Waals surface area contributed by atoms with Gasteiger partial charge in [-0.15, -0.1) is 11.3 Å². The Morgan fingerprint density at radius 2 is 1.68 bits per heavy atom. The maximum Gasteiger partial charge on any atom is 0.271 e. The topological polar surface area (TPSA) is 71.5 Å². The Hall–Kier alpha value is -3.71. The number of thiazole rings is 1. The Bertz CT molecular complexity index is 1420. The summed E-state index contributed by atoms with van der Waals surface area (Å²) in [5.74, 6) is 0.906. The van der Waals surface area contributed by atoms with Crippen molar-refractivity contribution in [3.8, 4) is 5.75 Å². The normalized spacial score (nSPS) is 15.0. The van der Waals surface area contributed by atoms with Gasteiger partial charge in [-0.05, 0) is 80.3 Å². The summed E-state index contributed by atoms with van der Waals surface area (Å²) in [7, 11) is 0. The van der Waals surface area contributed by atoms with Crippen LogP contribution in [-0.2, 0) is 0 Å². The Balaban J connectivity index is 1.15. The lowest BCUT2D eigenvalue weighted by Crippen LogP contribution is -2.37. The van der Waals surface area contributed by atoms with Gasteiger partial charge in [0.05, 0.1) is 17.2 Å². The zero-order chi connectivity index (χ0) is 26.6. The van der Waals surface area contributed by atoms with Gasteiger partial charge in [-0.25, -0.2) is 4.98 Å². The molecule has 1 fully saturated rings. The van der Waals surface area contributed by atoms with E-state index in [1.807, 2.05) is 67.4 Å². The third-order valence-electron chi connectivity index (χ3n) is 6.98. The highest BCUT2D eigenvalue weighted by Gasteiger charge is 2.27. The van der Waals surface area contributed by atoms with E-state index in [9.17, 15) is 9.59 Å². The van der Waals surface area contributed by atoms with Crippen LogP contribution in [0.25, 0.3) is 10.8 Å². The van der Waals surface area contributed by atoms with Gasteiger partial charge in [-0.1, -0.05) is 36.4 Å². The fourth-order valence-corrected chi connectivity index (χ4v) is 5.84. The van der Waals surface area contributed by atoms with Crippen LogP contribution < -0.4 is 10.1 Å². The van der Waals surface area contributed by atoms with Gasteiger partial charge < -0.3 is 15.0 Å². The predicted molar refractivity (Wildman–Crippen MR) is 152 cm³/mol. The fraction of sp³-hybridized carbons (Fsp3) is 0.323. The minimum absolute atomic E-state index is 0.0430. The summed E-state index contributed by atoms with van der Waals surface area (Å²) in [5.41, 5.74) is 2.19. The average molecular weight is 528 g/mol. The van der Waals surface area contributed by atoms with Crippen LogP contribution in [0.4, 0.5) is 0 Å². The molecular formula is C31H33N3O3S. The van der Waals surface area contributed by atoms with Gasteiger partial charge >= 0.3 is 0 Å². The molecule has 2 amide bonds. The van der Waals surface area contributed by atoms with Crippen molar-refractivity contribution in [3.05, 3.63) is 93.9 Å². The Labute approximate surface area is 227 Å². The second kappa shape index (κ2) is 11.4. The molecule has 7 heteroatoms. The summed E-state index contributed by atoms with van der Waals surface area (Å²) in [6.45, 7) is 7.30. The van der Waals surface area contributed by atoms with E-state index in [1.54, 1.807) is 0 Å². The highest BCUT2D eigenvalue weighted by atomic mass is 32.1. The molecule has 4 aromatic rings. The van der Waals surface area contributed by atoms with E-state index < -0.39 is 0 Å². The van der Waals surface area contributed by atoms with Crippen LogP contribution in [0.15, 0.2) is 72.1 Å². The van der Waals surface area contributed by atoms with Gasteiger partial charge in [0.15, 0.2) is 0 Å². The molecule has 6 nitrogen and oxygen atoms in total. The van der Waals surface area contributed by atoms with Gasteiger partial charge in [-0.2, -0.15) is 0 Å². The number of rotatable bonds is 7. The van der Waals surface area contributed by atoms with Gasteiger partial charge in [0.25, 0.3) is 11.8 Å². The van der Waals surface area contributed by atoms with Crippen LogP contribution in [-0.4, -0.2) is 40.9 Å². The number of aromatic nitrogens is 1. The lowest BCUT2D eigenvalue weighted by Gasteiger charge is -2.31. The van der Waals surface area contributed by atoms with E-state index >= 15 is 0 Å². The fourth-order valence-electron chi connectivity index (χ4n) is 4.87. The molecule has 0 saturated carbocycles. The molecular weight excluding hydrogens is 494 g/mol. The first-order valence-corrected chi connectivity index (χ1v) is 14.1. The van der Waals surface area contributed by atoms with Crippen LogP contribution in [0, 0.1) is 0 Å². The maximum absolute atomic E-state index is 13.0. The van der Waals surface area contributed by atoms with Gasteiger partial charge in [0, 0.05) is 30.0 Å². The maximum atomic E-state index is 13.0. The van der Waals surface area contributed by atoms with Gasteiger partial charge in [0.2, 0.25) is 0 Å². The number of nitrogens with zero attached hydrogens (tertiary/aromatic N) is 2. The molecule has 5 rings (SSSR count). The van der Waals surface area contributed by atoms with E-state index in [1.165, 1.54) is 16.7 Å². The number of fused-ring (bicyclic) bond motifs is 1. The Morgan fingerprint density at radius 3 is 2.39 bits per heavy atom. The van der Waals surface area contributed by atoms with E-state index in [-0.39, 0.29) is 29.9 Å². The molecule has 1 atom stereocenters. The van der Waals surface area contributed by atoms with Crippen LogP contribution >= 0.6 is 11.3 Å². The molecule has 3 aromatic carbocycles. The number of piperidine rings is 1. The lowest BCUT2D eigenvalue weighted by atomic mass is 9.97. The quantitative estimate of drug-likeness (QED) is 0.294. The van der Waals surface area contributed by atoms with Crippen LogP contribution in [0.5, 0.6) is 5.75 Å². The summed E-state index contributed by atoms with van der Waals surface area (Å²) >= 11 is 1.53. The molecule has 1 aliphatic heterocycles. The van der Waals surface area contributed by atoms with Crippen molar-refractivity contribution in [1.82, 2.24) is 15.2 Å². The summed E-state index contributed by atoms with van der Waals surface area (Å²) in [6, 6.07) is 21.7. The molecule has 0 bridgehead atoms. The molecule has 1 N–H and O–H groups in total. The number of carbonyl (C=O) groups is 2. The first-order valence-electron chi connectivity index (χ1n) is 13.2. The Kier molecular flexibility index (Phi) is 7.74. The van der Waals surface area contributed by atoms with Crippen molar-refractivity contribution in [1.29, 1.82) is 0 Å². The van der Waals surface area contributed by atoms with E-state index in [4.69, 9.17) is 4.74 Å². The van der Waals surface area contributed by atoms with E-state index in [2.05, 4.69) is 40.6 Å². The molecule has 0 spiro atoms. The molecule has 1 unspecified atom stereocenters. The standard InChI is InChI=1S/C31H33N3O3S/c1-20(2)37-27-12-10-24(11-13-27)31(36)34-16-14-23(15-17-34)30-33-28(19-38-30)29(35)32-21(3)25-9-8-22-6-4-5-7-26(22)18-25/h4-13,18-21,23H,14-17H2,1-3H3,(H,32,35). The van der Waals surface area contributed by atoms with Crippen molar-refractivity contribution in [2.24, 2.45) is 0 Å². The average Bonchev–Trinajstić information content (AvgIpc) is 3.43. The molecule has 1 aliphatic rings. The molecule has 1 saturated heterocycles. The summed E-state index contributed by atoms with van der Waals surface area (Å²) in [5, 5.41) is 8.24. The number of benzene rings is 3.